The Morgan fingerprint density at radius 3 is 2.46 bits per heavy atom. The maximum absolute atomic E-state index is 13.3. The summed E-state index contributed by atoms with van der Waals surface area (Å²) in [7, 11) is 3.46. The number of carbonyl (C=O) groups is 1. The van der Waals surface area contributed by atoms with Crippen molar-refractivity contribution in [2.75, 3.05) is 25.0 Å². The molecule has 2 aliphatic heterocycles. The largest absolute Gasteiger partial charge is 0.370 e. The summed E-state index contributed by atoms with van der Waals surface area (Å²) in [6, 6.07) is 7.98. The number of likely N-dealkylation sites (N-methyl/N-ethyl adjacent to an activating group) is 1. The number of anilines is 1. The first kappa shape index (κ1) is 19.2. The highest BCUT2D eigenvalue weighted by Crippen LogP contribution is 2.36. The quantitative estimate of drug-likeness (QED) is 0.556. The number of thioether (sulfide) groups is 1. The molecule has 28 heavy (non-hydrogen) atoms. The summed E-state index contributed by atoms with van der Waals surface area (Å²) >= 11 is 6.51. The summed E-state index contributed by atoms with van der Waals surface area (Å²) in [5, 5.41) is 1.04. The van der Waals surface area contributed by atoms with Crippen LogP contribution in [-0.4, -0.2) is 39.8 Å². The van der Waals surface area contributed by atoms with Gasteiger partial charge >= 0.3 is 0 Å². The Balaban J connectivity index is 1.96. The highest BCUT2D eigenvalue weighted by molar-refractivity contribution is 8.26. The van der Waals surface area contributed by atoms with Gasteiger partial charge in [0.15, 0.2) is 0 Å². The van der Waals surface area contributed by atoms with Crippen molar-refractivity contribution in [2.45, 2.75) is 19.8 Å². The van der Waals surface area contributed by atoms with Crippen molar-refractivity contribution < 1.29 is 4.79 Å². The van der Waals surface area contributed by atoms with Gasteiger partial charge in [0.25, 0.3) is 11.5 Å². The number of hydrogen-bond acceptors (Lipinski definition) is 5. The number of benzene rings is 1. The molecule has 0 spiro atoms. The Morgan fingerprint density at radius 2 is 1.82 bits per heavy atom. The van der Waals surface area contributed by atoms with Gasteiger partial charge in [0.1, 0.15) is 4.32 Å². The number of thiocarbonyl (C=S) groups is 1. The fraction of sp³-hybridized carbons (Fsp3) is 0.381. The van der Waals surface area contributed by atoms with Gasteiger partial charge in [0.05, 0.1) is 21.7 Å². The second kappa shape index (κ2) is 7.37. The van der Waals surface area contributed by atoms with Crippen LogP contribution in [0.3, 0.4) is 0 Å². The zero-order valence-corrected chi connectivity index (χ0v) is 17.9. The van der Waals surface area contributed by atoms with Crippen LogP contribution in [0.5, 0.6) is 0 Å². The van der Waals surface area contributed by atoms with Crippen molar-refractivity contribution >= 4 is 56.9 Å². The number of pyridine rings is 1. The number of rotatable bonds is 2. The van der Waals surface area contributed by atoms with Gasteiger partial charge in [-0.1, -0.05) is 49.1 Å². The predicted octanol–water partition coefficient (Wildman–Crippen LogP) is 3.61. The van der Waals surface area contributed by atoms with E-state index < -0.39 is 0 Å². The number of para-hydroxylation sites is 1. The SMILES string of the molecule is CC1CCN(c2c(C=C3SC(=S)N(C)C3=O)c(=O)n(C)c3ccccc23)CC1. The number of nitrogens with zero attached hydrogens (tertiary/aromatic N) is 3. The van der Waals surface area contributed by atoms with E-state index in [0.717, 1.165) is 42.5 Å². The highest BCUT2D eigenvalue weighted by atomic mass is 32.2. The lowest BCUT2D eigenvalue weighted by atomic mass is 9.97. The maximum Gasteiger partial charge on any atom is 0.265 e. The van der Waals surface area contributed by atoms with E-state index in [9.17, 15) is 9.59 Å². The molecule has 1 amide bonds. The van der Waals surface area contributed by atoms with E-state index in [1.165, 1.54) is 16.7 Å². The van der Waals surface area contributed by atoms with Crippen LogP contribution in [0.15, 0.2) is 34.0 Å². The monoisotopic (exact) mass is 413 g/mol. The van der Waals surface area contributed by atoms with Crippen molar-refractivity contribution in [1.29, 1.82) is 0 Å². The number of carbonyl (C=O) groups excluding carboxylic acids is 1. The van der Waals surface area contributed by atoms with Crippen LogP contribution in [0.4, 0.5) is 5.69 Å². The van der Waals surface area contributed by atoms with Crippen LogP contribution in [-0.2, 0) is 11.8 Å². The van der Waals surface area contributed by atoms with Crippen LogP contribution < -0.4 is 10.5 Å². The Kier molecular flexibility index (Phi) is 5.05. The zero-order chi connectivity index (χ0) is 20.0. The lowest BCUT2D eigenvalue weighted by Crippen LogP contribution is -2.35. The molecule has 3 heterocycles. The van der Waals surface area contributed by atoms with E-state index in [1.807, 2.05) is 18.2 Å². The Hall–Kier alpha value is -2.12. The van der Waals surface area contributed by atoms with E-state index in [2.05, 4.69) is 17.9 Å². The molecule has 2 fully saturated rings. The topological polar surface area (TPSA) is 45.6 Å². The summed E-state index contributed by atoms with van der Waals surface area (Å²) in [5.41, 5.74) is 2.33. The average Bonchev–Trinajstić information content (AvgIpc) is 2.94. The Morgan fingerprint density at radius 1 is 1.14 bits per heavy atom. The number of amides is 1. The molecule has 0 atom stereocenters. The smallest absolute Gasteiger partial charge is 0.265 e. The molecule has 0 N–H and O–H groups in total. The number of hydrogen-bond donors (Lipinski definition) is 0. The van der Waals surface area contributed by atoms with Gasteiger partial charge in [-0.05, 0) is 30.9 Å². The van der Waals surface area contributed by atoms with Crippen molar-refractivity contribution in [3.8, 4) is 0 Å². The molecule has 7 heteroatoms. The lowest BCUT2D eigenvalue weighted by Gasteiger charge is -2.34. The minimum absolute atomic E-state index is 0.0892. The molecule has 0 aliphatic carbocycles. The third kappa shape index (κ3) is 3.16. The summed E-state index contributed by atoms with van der Waals surface area (Å²) in [5.74, 6) is 0.539. The number of piperidine rings is 1. The van der Waals surface area contributed by atoms with Crippen LogP contribution in [0.2, 0.25) is 0 Å². The molecule has 1 aromatic heterocycles. The van der Waals surface area contributed by atoms with Crippen molar-refractivity contribution in [3.63, 3.8) is 0 Å². The standard InChI is InChI=1S/C21H23N3O2S2/c1-13-8-10-24(11-9-13)18-14-6-4-5-7-16(14)22(2)19(25)15(18)12-17-20(26)23(3)21(27)28-17/h4-7,12-13H,8-11H2,1-3H3. The third-order valence-corrected chi connectivity index (χ3v) is 7.16. The number of fused-ring (bicyclic) bond motifs is 1. The molecule has 2 saturated heterocycles. The van der Waals surface area contributed by atoms with Crippen molar-refractivity contribution in [2.24, 2.45) is 13.0 Å². The normalized spacial score (nSPS) is 20.0. The molecule has 146 valence electrons. The highest BCUT2D eigenvalue weighted by Gasteiger charge is 2.30. The lowest BCUT2D eigenvalue weighted by molar-refractivity contribution is -0.121. The van der Waals surface area contributed by atoms with Gasteiger partial charge in [0, 0.05) is 32.6 Å². The summed E-state index contributed by atoms with van der Waals surface area (Å²) in [6.45, 7) is 4.09. The molecule has 0 unspecified atom stereocenters. The molecule has 1 aromatic carbocycles. The van der Waals surface area contributed by atoms with E-state index in [-0.39, 0.29) is 11.5 Å². The summed E-state index contributed by atoms with van der Waals surface area (Å²) < 4.78 is 2.19. The Bertz CT molecular complexity index is 1070. The van der Waals surface area contributed by atoms with Crippen molar-refractivity contribution in [3.05, 3.63) is 45.1 Å². The predicted molar refractivity (Wildman–Crippen MR) is 121 cm³/mol. The molecule has 5 nitrogen and oxygen atoms in total. The van der Waals surface area contributed by atoms with Gasteiger partial charge in [0.2, 0.25) is 0 Å². The third-order valence-electron chi connectivity index (χ3n) is 5.67. The summed E-state index contributed by atoms with van der Waals surface area (Å²) in [6.07, 6.45) is 3.94. The number of aryl methyl sites for hydroxylation is 1. The van der Waals surface area contributed by atoms with Gasteiger partial charge in [-0.15, -0.1) is 0 Å². The number of aromatic nitrogens is 1. The van der Waals surface area contributed by atoms with Crippen molar-refractivity contribution in [1.82, 2.24) is 9.47 Å². The van der Waals surface area contributed by atoms with E-state index in [0.29, 0.717) is 20.7 Å². The van der Waals surface area contributed by atoms with Gasteiger partial charge in [-0.2, -0.15) is 0 Å². The summed E-state index contributed by atoms with van der Waals surface area (Å²) in [4.78, 5) is 30.1. The first-order valence-corrected chi connectivity index (χ1v) is 10.7. The first-order chi connectivity index (χ1) is 13.4. The van der Waals surface area contributed by atoms with Gasteiger partial charge in [-0.25, -0.2) is 0 Å². The second-order valence-electron chi connectivity index (χ2n) is 7.55. The van der Waals surface area contributed by atoms with Crippen LogP contribution in [0.25, 0.3) is 17.0 Å². The van der Waals surface area contributed by atoms with E-state index in [1.54, 1.807) is 24.7 Å². The molecule has 2 aliphatic rings. The zero-order valence-electron chi connectivity index (χ0n) is 16.3. The molecular formula is C21H23N3O2S2. The average molecular weight is 414 g/mol. The first-order valence-electron chi connectivity index (χ1n) is 9.46. The minimum atomic E-state index is -0.150. The maximum atomic E-state index is 13.3. The molecule has 0 radical (unpaired) electrons. The Labute approximate surface area is 174 Å². The molecule has 4 rings (SSSR count). The second-order valence-corrected chi connectivity index (χ2v) is 9.23. The van der Waals surface area contributed by atoms with E-state index in [4.69, 9.17) is 12.2 Å². The van der Waals surface area contributed by atoms with Crippen LogP contribution in [0, 0.1) is 5.92 Å². The van der Waals surface area contributed by atoms with E-state index >= 15 is 0 Å². The van der Waals surface area contributed by atoms with Gasteiger partial charge in [-0.3, -0.25) is 14.5 Å². The fourth-order valence-corrected chi connectivity index (χ4v) is 5.04. The molecule has 0 saturated carbocycles. The fourth-order valence-electron chi connectivity index (χ4n) is 3.88. The van der Waals surface area contributed by atoms with Gasteiger partial charge < -0.3 is 9.47 Å². The van der Waals surface area contributed by atoms with Crippen LogP contribution in [0.1, 0.15) is 25.3 Å². The molecule has 2 aromatic rings. The minimum Gasteiger partial charge on any atom is -0.370 e. The molecule has 0 bridgehead atoms. The van der Waals surface area contributed by atoms with Crippen LogP contribution >= 0.6 is 24.0 Å². The molecular weight excluding hydrogens is 390 g/mol.